The predicted molar refractivity (Wildman–Crippen MR) is 77.6 cm³/mol. The van der Waals surface area contributed by atoms with Gasteiger partial charge in [0, 0.05) is 6.04 Å². The summed E-state index contributed by atoms with van der Waals surface area (Å²) >= 11 is 0. The van der Waals surface area contributed by atoms with Crippen molar-refractivity contribution in [1.29, 1.82) is 0 Å². The molecular weight excluding hydrogens is 256 g/mol. The number of carbonyl (C=O) groups excluding carboxylic acids is 2. The number of ether oxygens (including phenoxy) is 1. The molecule has 5 nitrogen and oxygen atoms in total. The van der Waals surface area contributed by atoms with Gasteiger partial charge in [-0.2, -0.15) is 0 Å². The van der Waals surface area contributed by atoms with Crippen LogP contribution in [-0.2, 0) is 4.79 Å². The van der Waals surface area contributed by atoms with E-state index in [0.717, 1.165) is 5.56 Å². The Morgan fingerprint density at radius 2 is 1.95 bits per heavy atom. The second-order valence-electron chi connectivity index (χ2n) is 5.25. The fraction of sp³-hybridized carbons (Fsp3) is 0.467. The first-order chi connectivity index (χ1) is 9.31. The van der Waals surface area contributed by atoms with Crippen molar-refractivity contribution < 1.29 is 14.3 Å². The molecule has 1 unspecified atom stereocenters. The van der Waals surface area contributed by atoms with E-state index < -0.39 is 5.91 Å². The number of aryl methyl sites for hydroxylation is 1. The number of nitrogens with one attached hydrogen (secondary N) is 1. The van der Waals surface area contributed by atoms with Crippen LogP contribution >= 0.6 is 0 Å². The molecule has 0 saturated heterocycles. The first-order valence-electron chi connectivity index (χ1n) is 6.64. The number of hydrogen-bond acceptors (Lipinski definition) is 3. The molecule has 2 amide bonds. The first kappa shape index (κ1) is 16.0. The third-order valence-corrected chi connectivity index (χ3v) is 3.15. The molecule has 110 valence electrons. The SMILES string of the molecule is Cc1ccc(C(N)=O)c(OCC(=O)NC(C)C(C)C)c1. The van der Waals surface area contributed by atoms with Crippen LogP contribution in [0.1, 0.15) is 36.7 Å². The number of nitrogens with two attached hydrogens (primary N) is 1. The Balaban J connectivity index is 2.68. The van der Waals surface area contributed by atoms with Gasteiger partial charge in [0.2, 0.25) is 0 Å². The largest absolute Gasteiger partial charge is 0.483 e. The number of carbonyl (C=O) groups is 2. The maximum atomic E-state index is 11.7. The average Bonchev–Trinajstić information content (AvgIpc) is 2.35. The molecule has 5 heteroatoms. The lowest BCUT2D eigenvalue weighted by atomic mass is 10.1. The van der Waals surface area contributed by atoms with Gasteiger partial charge in [-0.05, 0) is 37.5 Å². The second-order valence-corrected chi connectivity index (χ2v) is 5.25. The lowest BCUT2D eigenvalue weighted by Gasteiger charge is -2.18. The summed E-state index contributed by atoms with van der Waals surface area (Å²) in [4.78, 5) is 23.0. The minimum absolute atomic E-state index is 0.0687. The summed E-state index contributed by atoms with van der Waals surface area (Å²) in [6, 6.07) is 5.13. The van der Waals surface area contributed by atoms with Gasteiger partial charge in [0.15, 0.2) is 6.61 Å². The van der Waals surface area contributed by atoms with Crippen LogP contribution in [-0.4, -0.2) is 24.5 Å². The highest BCUT2D eigenvalue weighted by molar-refractivity contribution is 5.95. The van der Waals surface area contributed by atoms with E-state index in [4.69, 9.17) is 10.5 Å². The normalized spacial score (nSPS) is 12.1. The van der Waals surface area contributed by atoms with Crippen molar-refractivity contribution in [1.82, 2.24) is 5.32 Å². The van der Waals surface area contributed by atoms with Gasteiger partial charge < -0.3 is 15.8 Å². The van der Waals surface area contributed by atoms with Gasteiger partial charge in [-0.1, -0.05) is 19.9 Å². The highest BCUT2D eigenvalue weighted by Gasteiger charge is 2.14. The summed E-state index contributed by atoms with van der Waals surface area (Å²) in [6.07, 6.45) is 0. The summed E-state index contributed by atoms with van der Waals surface area (Å²) in [5, 5.41) is 2.83. The van der Waals surface area contributed by atoms with E-state index in [-0.39, 0.29) is 24.1 Å². The number of benzene rings is 1. The topological polar surface area (TPSA) is 81.4 Å². The lowest BCUT2D eigenvalue weighted by Crippen LogP contribution is -2.39. The zero-order chi connectivity index (χ0) is 15.3. The molecule has 1 aromatic carbocycles. The zero-order valence-corrected chi connectivity index (χ0v) is 12.4. The van der Waals surface area contributed by atoms with Crippen molar-refractivity contribution in [2.45, 2.75) is 33.7 Å². The highest BCUT2D eigenvalue weighted by Crippen LogP contribution is 2.19. The van der Waals surface area contributed by atoms with Crippen LogP contribution < -0.4 is 15.8 Å². The molecule has 1 rings (SSSR count). The third kappa shape index (κ3) is 4.57. The summed E-state index contributed by atoms with van der Waals surface area (Å²) in [7, 11) is 0. The molecule has 3 N–H and O–H groups in total. The Hall–Kier alpha value is -2.04. The fourth-order valence-electron chi connectivity index (χ4n) is 1.56. The van der Waals surface area contributed by atoms with E-state index in [1.165, 1.54) is 0 Å². The number of primary amides is 1. The van der Waals surface area contributed by atoms with E-state index in [9.17, 15) is 9.59 Å². The van der Waals surface area contributed by atoms with Gasteiger partial charge in [-0.3, -0.25) is 9.59 Å². The van der Waals surface area contributed by atoms with Gasteiger partial charge in [0.05, 0.1) is 5.56 Å². The van der Waals surface area contributed by atoms with Gasteiger partial charge >= 0.3 is 0 Å². The van der Waals surface area contributed by atoms with Crippen molar-refractivity contribution in [3.63, 3.8) is 0 Å². The molecule has 0 aliphatic carbocycles. The molecule has 0 aromatic heterocycles. The Morgan fingerprint density at radius 3 is 2.50 bits per heavy atom. The van der Waals surface area contributed by atoms with Crippen molar-refractivity contribution in [2.75, 3.05) is 6.61 Å². The third-order valence-electron chi connectivity index (χ3n) is 3.15. The van der Waals surface area contributed by atoms with E-state index >= 15 is 0 Å². The number of amides is 2. The smallest absolute Gasteiger partial charge is 0.258 e. The highest BCUT2D eigenvalue weighted by atomic mass is 16.5. The lowest BCUT2D eigenvalue weighted by molar-refractivity contribution is -0.124. The zero-order valence-electron chi connectivity index (χ0n) is 12.4. The number of hydrogen-bond donors (Lipinski definition) is 2. The Bertz CT molecular complexity index is 498. The second kappa shape index (κ2) is 6.93. The quantitative estimate of drug-likeness (QED) is 0.830. The van der Waals surface area contributed by atoms with E-state index in [0.29, 0.717) is 11.7 Å². The minimum atomic E-state index is -0.573. The standard InChI is InChI=1S/C15H22N2O3/c1-9(2)11(4)17-14(18)8-20-13-7-10(3)5-6-12(13)15(16)19/h5-7,9,11H,8H2,1-4H3,(H2,16,19)(H,17,18). The monoisotopic (exact) mass is 278 g/mol. The maximum absolute atomic E-state index is 11.7. The summed E-state index contributed by atoms with van der Waals surface area (Å²) in [6.45, 7) is 7.72. The van der Waals surface area contributed by atoms with Crippen LogP contribution in [0, 0.1) is 12.8 Å². The Kier molecular flexibility index (Phi) is 5.55. The van der Waals surface area contributed by atoms with Crippen LogP contribution in [0.25, 0.3) is 0 Å². The molecular formula is C15H22N2O3. The molecule has 0 aliphatic heterocycles. The van der Waals surface area contributed by atoms with Crippen molar-refractivity contribution in [2.24, 2.45) is 11.7 Å². The summed E-state index contributed by atoms with van der Waals surface area (Å²) in [5.41, 5.74) is 6.48. The van der Waals surface area contributed by atoms with Crippen LogP contribution in [0.2, 0.25) is 0 Å². The molecule has 0 radical (unpaired) electrons. The molecule has 1 atom stereocenters. The first-order valence-corrected chi connectivity index (χ1v) is 6.64. The van der Waals surface area contributed by atoms with Crippen LogP contribution in [0.3, 0.4) is 0 Å². The van der Waals surface area contributed by atoms with Crippen LogP contribution in [0.4, 0.5) is 0 Å². The Labute approximate surface area is 119 Å². The average molecular weight is 278 g/mol. The molecule has 0 aliphatic rings. The molecule has 0 fully saturated rings. The van der Waals surface area contributed by atoms with Crippen molar-refractivity contribution >= 4 is 11.8 Å². The fourth-order valence-corrected chi connectivity index (χ4v) is 1.56. The molecule has 0 heterocycles. The van der Waals surface area contributed by atoms with Gasteiger partial charge in [-0.15, -0.1) is 0 Å². The summed E-state index contributed by atoms with van der Waals surface area (Å²) in [5.74, 6) is -0.108. The van der Waals surface area contributed by atoms with Crippen LogP contribution in [0.15, 0.2) is 18.2 Å². The van der Waals surface area contributed by atoms with Gasteiger partial charge in [-0.25, -0.2) is 0 Å². The van der Waals surface area contributed by atoms with E-state index in [2.05, 4.69) is 5.32 Å². The van der Waals surface area contributed by atoms with Crippen LogP contribution in [0.5, 0.6) is 5.75 Å². The molecule has 0 spiro atoms. The summed E-state index contributed by atoms with van der Waals surface area (Å²) < 4.78 is 5.41. The molecule has 20 heavy (non-hydrogen) atoms. The Morgan fingerprint density at radius 1 is 1.30 bits per heavy atom. The molecule has 0 saturated carbocycles. The molecule has 1 aromatic rings. The predicted octanol–water partition coefficient (Wildman–Crippen LogP) is 1.63. The molecule has 0 bridgehead atoms. The van der Waals surface area contributed by atoms with Gasteiger partial charge in [0.1, 0.15) is 5.75 Å². The number of rotatable bonds is 6. The van der Waals surface area contributed by atoms with Crippen molar-refractivity contribution in [3.05, 3.63) is 29.3 Å². The van der Waals surface area contributed by atoms with E-state index in [1.807, 2.05) is 27.7 Å². The maximum Gasteiger partial charge on any atom is 0.258 e. The van der Waals surface area contributed by atoms with Crippen molar-refractivity contribution in [3.8, 4) is 5.75 Å². The van der Waals surface area contributed by atoms with E-state index in [1.54, 1.807) is 18.2 Å². The minimum Gasteiger partial charge on any atom is -0.483 e. The van der Waals surface area contributed by atoms with Gasteiger partial charge in [0.25, 0.3) is 11.8 Å².